The van der Waals surface area contributed by atoms with E-state index in [9.17, 15) is 0 Å². The molecule has 0 N–H and O–H groups in total. The van der Waals surface area contributed by atoms with Gasteiger partial charge in [-0.1, -0.05) is 12.1 Å². The molecule has 0 aliphatic heterocycles. The van der Waals surface area contributed by atoms with E-state index in [0.29, 0.717) is 0 Å². The van der Waals surface area contributed by atoms with Crippen LogP contribution < -0.4 is 0 Å². The normalized spacial score (nSPS) is 10.0. The van der Waals surface area contributed by atoms with Crippen molar-refractivity contribution in [3.63, 3.8) is 0 Å². The third kappa shape index (κ3) is 5.28. The highest BCUT2D eigenvalue weighted by atomic mass is 14.8. The van der Waals surface area contributed by atoms with Crippen molar-refractivity contribution in [3.8, 4) is 22.8 Å². The molecule has 4 aromatic heterocycles. The summed E-state index contributed by atoms with van der Waals surface area (Å²) in [6.45, 7) is 6.13. The Hall–Kier alpha value is -3.40. The lowest BCUT2D eigenvalue weighted by Gasteiger charge is -2.00. The third-order valence-electron chi connectivity index (χ3n) is 3.93. The second-order valence-corrected chi connectivity index (χ2v) is 6.37. The molecule has 4 aromatic rings. The summed E-state index contributed by atoms with van der Waals surface area (Å²) in [5.74, 6) is 0. The molecule has 0 spiro atoms. The third-order valence-corrected chi connectivity index (χ3v) is 3.93. The Morgan fingerprint density at radius 2 is 1.07 bits per heavy atom. The van der Waals surface area contributed by atoms with Gasteiger partial charge in [-0.25, -0.2) is 0 Å². The zero-order valence-corrected chi connectivity index (χ0v) is 15.8. The average molecular weight is 354 g/mol. The van der Waals surface area contributed by atoms with Gasteiger partial charge >= 0.3 is 0 Å². The summed E-state index contributed by atoms with van der Waals surface area (Å²) < 4.78 is 0. The Balaban J connectivity index is 0.000000156. The summed E-state index contributed by atoms with van der Waals surface area (Å²) in [7, 11) is 0. The second kappa shape index (κ2) is 8.81. The van der Waals surface area contributed by atoms with Crippen molar-refractivity contribution in [2.24, 2.45) is 0 Å². The molecular formula is C23H22N4. The maximum absolute atomic E-state index is 4.33. The first-order chi connectivity index (χ1) is 13.1. The van der Waals surface area contributed by atoms with Gasteiger partial charge in [0, 0.05) is 24.8 Å². The van der Waals surface area contributed by atoms with Crippen molar-refractivity contribution in [2.45, 2.75) is 20.8 Å². The van der Waals surface area contributed by atoms with E-state index in [1.165, 1.54) is 16.7 Å². The minimum atomic E-state index is 0.922. The fourth-order valence-electron chi connectivity index (χ4n) is 2.49. The topological polar surface area (TPSA) is 51.6 Å². The minimum absolute atomic E-state index is 0.922. The van der Waals surface area contributed by atoms with Gasteiger partial charge in [-0.3, -0.25) is 19.9 Å². The Labute approximate surface area is 160 Å². The van der Waals surface area contributed by atoms with Crippen LogP contribution in [-0.4, -0.2) is 19.9 Å². The van der Waals surface area contributed by atoms with E-state index in [0.717, 1.165) is 22.8 Å². The van der Waals surface area contributed by atoms with Crippen molar-refractivity contribution in [1.29, 1.82) is 0 Å². The highest BCUT2D eigenvalue weighted by molar-refractivity contribution is 5.55. The number of hydrogen-bond donors (Lipinski definition) is 0. The standard InChI is InChI=1S/C12H12N2.C11H10N2/c1-9-5-6-13-12(7-9)11-4-3-10(2)8-14-11;1-9-5-7-13-11(8-9)10-4-2-3-6-12-10/h3-8H,1-2H3;2-8H,1H3. The van der Waals surface area contributed by atoms with Crippen molar-refractivity contribution < 1.29 is 0 Å². The highest BCUT2D eigenvalue weighted by Gasteiger charge is 1.99. The Morgan fingerprint density at radius 1 is 0.481 bits per heavy atom. The maximum Gasteiger partial charge on any atom is 0.0888 e. The van der Waals surface area contributed by atoms with Crippen LogP contribution in [0.3, 0.4) is 0 Å². The van der Waals surface area contributed by atoms with Crippen LogP contribution in [0.1, 0.15) is 16.7 Å². The van der Waals surface area contributed by atoms with E-state index < -0.39 is 0 Å². The fraction of sp³-hybridized carbons (Fsp3) is 0.130. The van der Waals surface area contributed by atoms with Gasteiger partial charge in [-0.05, 0) is 79.9 Å². The predicted molar refractivity (Wildman–Crippen MR) is 109 cm³/mol. The van der Waals surface area contributed by atoms with Gasteiger partial charge in [-0.2, -0.15) is 0 Å². The molecule has 0 amide bonds. The molecule has 0 radical (unpaired) electrons. The Morgan fingerprint density at radius 3 is 1.56 bits per heavy atom. The fourth-order valence-corrected chi connectivity index (χ4v) is 2.49. The van der Waals surface area contributed by atoms with Crippen LogP contribution in [-0.2, 0) is 0 Å². The van der Waals surface area contributed by atoms with Crippen molar-refractivity contribution >= 4 is 0 Å². The molecule has 0 aromatic carbocycles. The quantitative estimate of drug-likeness (QED) is 0.496. The van der Waals surface area contributed by atoms with Crippen molar-refractivity contribution in [1.82, 2.24) is 19.9 Å². The zero-order valence-electron chi connectivity index (χ0n) is 15.8. The number of rotatable bonds is 2. The van der Waals surface area contributed by atoms with Crippen LogP contribution in [0.4, 0.5) is 0 Å². The molecule has 0 unspecified atom stereocenters. The molecule has 4 rings (SSSR count). The Bertz CT molecular complexity index is 996. The summed E-state index contributed by atoms with van der Waals surface area (Å²) in [6.07, 6.45) is 7.25. The number of hydrogen-bond acceptors (Lipinski definition) is 4. The van der Waals surface area contributed by atoms with Gasteiger partial charge < -0.3 is 0 Å². The van der Waals surface area contributed by atoms with Gasteiger partial charge in [0.15, 0.2) is 0 Å². The van der Waals surface area contributed by atoms with E-state index >= 15 is 0 Å². The lowest BCUT2D eigenvalue weighted by Crippen LogP contribution is -1.87. The molecule has 0 aliphatic carbocycles. The molecule has 27 heavy (non-hydrogen) atoms. The lowest BCUT2D eigenvalue weighted by molar-refractivity contribution is 1.21. The lowest BCUT2D eigenvalue weighted by atomic mass is 10.2. The Kier molecular flexibility index (Phi) is 6.00. The molecule has 0 atom stereocenters. The van der Waals surface area contributed by atoms with Crippen LogP contribution in [0, 0.1) is 20.8 Å². The van der Waals surface area contributed by atoms with Gasteiger partial charge in [0.05, 0.1) is 22.8 Å². The monoisotopic (exact) mass is 354 g/mol. The van der Waals surface area contributed by atoms with Gasteiger partial charge in [0.25, 0.3) is 0 Å². The van der Waals surface area contributed by atoms with Crippen LogP contribution >= 0.6 is 0 Å². The van der Waals surface area contributed by atoms with E-state index in [2.05, 4.69) is 26.9 Å². The number of nitrogens with zero attached hydrogens (tertiary/aromatic N) is 4. The molecule has 4 heteroatoms. The first kappa shape index (κ1) is 18.4. The van der Waals surface area contributed by atoms with Crippen LogP contribution in [0.25, 0.3) is 22.8 Å². The number of pyridine rings is 4. The summed E-state index contributed by atoms with van der Waals surface area (Å²) in [6, 6.07) is 17.9. The molecule has 4 nitrogen and oxygen atoms in total. The highest BCUT2D eigenvalue weighted by Crippen LogP contribution is 2.15. The van der Waals surface area contributed by atoms with E-state index in [4.69, 9.17) is 0 Å². The smallest absolute Gasteiger partial charge is 0.0888 e. The molecule has 0 saturated heterocycles. The van der Waals surface area contributed by atoms with Crippen molar-refractivity contribution in [2.75, 3.05) is 0 Å². The first-order valence-corrected chi connectivity index (χ1v) is 8.81. The van der Waals surface area contributed by atoms with Gasteiger partial charge in [-0.15, -0.1) is 0 Å². The van der Waals surface area contributed by atoms with E-state index in [1.54, 1.807) is 12.4 Å². The molecule has 0 aliphatic rings. The van der Waals surface area contributed by atoms with Crippen molar-refractivity contribution in [3.05, 3.63) is 96.1 Å². The van der Waals surface area contributed by atoms with Crippen LogP contribution in [0.15, 0.2) is 79.4 Å². The van der Waals surface area contributed by atoms with Gasteiger partial charge in [0.1, 0.15) is 0 Å². The predicted octanol–water partition coefficient (Wildman–Crippen LogP) is 5.21. The number of aromatic nitrogens is 4. The van der Waals surface area contributed by atoms with Crippen LogP contribution in [0.5, 0.6) is 0 Å². The second-order valence-electron chi connectivity index (χ2n) is 6.37. The summed E-state index contributed by atoms with van der Waals surface area (Å²) >= 11 is 0. The SMILES string of the molecule is Cc1ccc(-c2cc(C)ccn2)nc1.Cc1ccnc(-c2ccccn2)c1. The molecule has 0 saturated carbocycles. The van der Waals surface area contributed by atoms with Gasteiger partial charge in [0.2, 0.25) is 0 Å². The minimum Gasteiger partial charge on any atom is -0.255 e. The summed E-state index contributed by atoms with van der Waals surface area (Å²) in [5, 5.41) is 0. The average Bonchev–Trinajstić information content (AvgIpc) is 2.70. The van der Waals surface area contributed by atoms with E-state index in [-0.39, 0.29) is 0 Å². The number of aryl methyl sites for hydroxylation is 3. The largest absolute Gasteiger partial charge is 0.255 e. The molecule has 0 fully saturated rings. The molecule has 134 valence electrons. The zero-order chi connectivity index (χ0) is 19.1. The molecule has 0 bridgehead atoms. The first-order valence-electron chi connectivity index (χ1n) is 8.81. The summed E-state index contributed by atoms with van der Waals surface area (Å²) in [4.78, 5) is 17.1. The molecule has 4 heterocycles. The molecular weight excluding hydrogens is 332 g/mol. The van der Waals surface area contributed by atoms with Crippen LogP contribution in [0.2, 0.25) is 0 Å². The summed E-state index contributed by atoms with van der Waals surface area (Å²) in [5.41, 5.74) is 7.30. The maximum atomic E-state index is 4.33. The van der Waals surface area contributed by atoms with E-state index in [1.807, 2.05) is 80.8 Å².